The van der Waals surface area contributed by atoms with Crippen LogP contribution in [-0.2, 0) is 0 Å². The van der Waals surface area contributed by atoms with Crippen LogP contribution in [0.2, 0.25) is 0 Å². The van der Waals surface area contributed by atoms with Crippen molar-refractivity contribution in [1.29, 1.82) is 0 Å². The average Bonchev–Trinajstić information content (AvgIpc) is 3.75. The summed E-state index contributed by atoms with van der Waals surface area (Å²) in [6.45, 7) is 0. The highest BCUT2D eigenvalue weighted by Crippen LogP contribution is 2.48. The van der Waals surface area contributed by atoms with Crippen molar-refractivity contribution in [1.82, 2.24) is 4.57 Å². The molecule has 10 aromatic rings. The maximum absolute atomic E-state index is 6.70. The van der Waals surface area contributed by atoms with E-state index < -0.39 is 0 Å². The van der Waals surface area contributed by atoms with Crippen LogP contribution in [0.4, 0.5) is 0 Å². The first-order valence-corrected chi connectivity index (χ1v) is 13.4. The zero-order chi connectivity index (χ0) is 25.9. The van der Waals surface area contributed by atoms with Crippen molar-refractivity contribution in [3.63, 3.8) is 0 Å². The number of rotatable bonds is 1. The molecule has 4 heteroatoms. The third-order valence-corrected chi connectivity index (χ3v) is 8.38. The zero-order valence-electron chi connectivity index (χ0n) is 21.1. The van der Waals surface area contributed by atoms with Crippen LogP contribution in [0.1, 0.15) is 0 Å². The lowest BCUT2D eigenvalue weighted by atomic mass is 10.0. The number of hydrogen-bond donors (Lipinski definition) is 0. The zero-order valence-corrected chi connectivity index (χ0v) is 21.1. The Morgan fingerprint density at radius 3 is 1.75 bits per heavy atom. The van der Waals surface area contributed by atoms with E-state index in [1.54, 1.807) is 0 Å². The van der Waals surface area contributed by atoms with Crippen LogP contribution in [0.25, 0.3) is 93.3 Å². The van der Waals surface area contributed by atoms with Crippen molar-refractivity contribution in [3.8, 4) is 5.69 Å². The van der Waals surface area contributed by atoms with Gasteiger partial charge >= 0.3 is 0 Å². The maximum Gasteiger partial charge on any atom is 0.163 e. The number of aromatic nitrogens is 1. The highest BCUT2D eigenvalue weighted by molar-refractivity contribution is 6.38. The molecule has 0 N–H and O–H groups in total. The van der Waals surface area contributed by atoms with Crippen molar-refractivity contribution >= 4 is 87.6 Å². The summed E-state index contributed by atoms with van der Waals surface area (Å²) in [5, 5.41) is 8.78. The number of para-hydroxylation sites is 4. The summed E-state index contributed by atoms with van der Waals surface area (Å²) in [6.07, 6.45) is 0. The van der Waals surface area contributed by atoms with E-state index in [2.05, 4.69) is 83.4 Å². The molecule has 0 saturated carbocycles. The minimum atomic E-state index is 0.830. The Morgan fingerprint density at radius 2 is 0.975 bits per heavy atom. The van der Waals surface area contributed by atoms with Crippen molar-refractivity contribution in [3.05, 3.63) is 115 Å². The predicted molar refractivity (Wildman–Crippen MR) is 163 cm³/mol. The number of fused-ring (bicyclic) bond motifs is 15. The Kier molecular flexibility index (Phi) is 3.65. The van der Waals surface area contributed by atoms with Gasteiger partial charge in [-0.15, -0.1) is 0 Å². The minimum absolute atomic E-state index is 0.830. The first kappa shape index (κ1) is 20.5. The molecule has 186 valence electrons. The number of nitrogens with zero attached hydrogens (tertiary/aromatic N) is 1. The van der Waals surface area contributed by atoms with Crippen LogP contribution in [0.15, 0.2) is 129 Å². The van der Waals surface area contributed by atoms with Gasteiger partial charge in [-0.2, -0.15) is 0 Å². The van der Waals surface area contributed by atoms with Crippen molar-refractivity contribution < 1.29 is 13.3 Å². The van der Waals surface area contributed by atoms with Crippen molar-refractivity contribution in [2.45, 2.75) is 0 Å². The third-order valence-electron chi connectivity index (χ3n) is 8.38. The summed E-state index contributed by atoms with van der Waals surface area (Å²) < 4.78 is 21.8. The Bertz CT molecular complexity index is 2660. The monoisotopic (exact) mass is 513 g/mol. The lowest BCUT2D eigenvalue weighted by Gasteiger charge is -2.09. The second-order valence-electron chi connectivity index (χ2n) is 10.5. The lowest BCUT2D eigenvalue weighted by molar-refractivity contribution is 0.664. The molecule has 4 aromatic heterocycles. The van der Waals surface area contributed by atoms with E-state index in [0.717, 1.165) is 93.3 Å². The van der Waals surface area contributed by atoms with E-state index in [0.29, 0.717) is 0 Å². The summed E-state index contributed by atoms with van der Waals surface area (Å²) in [5.41, 5.74) is 8.40. The largest absolute Gasteiger partial charge is 0.456 e. The average molecular weight is 514 g/mol. The summed E-state index contributed by atoms with van der Waals surface area (Å²) in [5.74, 6) is 0. The first-order chi connectivity index (χ1) is 19.8. The van der Waals surface area contributed by atoms with Gasteiger partial charge in [-0.05, 0) is 42.5 Å². The summed E-state index contributed by atoms with van der Waals surface area (Å²) in [4.78, 5) is 0. The maximum atomic E-state index is 6.70. The van der Waals surface area contributed by atoms with E-state index in [9.17, 15) is 0 Å². The molecular weight excluding hydrogens is 494 g/mol. The molecule has 0 aliphatic carbocycles. The molecule has 0 bridgehead atoms. The minimum Gasteiger partial charge on any atom is -0.456 e. The number of furan rings is 3. The Hall–Kier alpha value is -5.48. The fourth-order valence-electron chi connectivity index (χ4n) is 6.74. The molecule has 0 spiro atoms. The number of benzene rings is 6. The fourth-order valence-corrected chi connectivity index (χ4v) is 6.74. The summed E-state index contributed by atoms with van der Waals surface area (Å²) in [7, 11) is 0. The van der Waals surface area contributed by atoms with Crippen LogP contribution in [-0.4, -0.2) is 4.57 Å². The highest BCUT2D eigenvalue weighted by atomic mass is 16.3. The first-order valence-electron chi connectivity index (χ1n) is 13.4. The van der Waals surface area contributed by atoms with E-state index in [-0.39, 0.29) is 0 Å². The Morgan fingerprint density at radius 1 is 0.400 bits per heavy atom. The van der Waals surface area contributed by atoms with Gasteiger partial charge in [0.2, 0.25) is 0 Å². The molecule has 10 rings (SSSR count). The van der Waals surface area contributed by atoms with Crippen LogP contribution in [0, 0.1) is 0 Å². The van der Waals surface area contributed by atoms with E-state index in [4.69, 9.17) is 13.3 Å². The Labute approximate surface area is 226 Å². The molecule has 6 aromatic carbocycles. The van der Waals surface area contributed by atoms with Gasteiger partial charge < -0.3 is 17.8 Å². The van der Waals surface area contributed by atoms with Crippen LogP contribution < -0.4 is 0 Å². The third kappa shape index (κ3) is 2.42. The normalized spacial score (nSPS) is 12.5. The highest BCUT2D eigenvalue weighted by Gasteiger charge is 2.26. The van der Waals surface area contributed by atoms with E-state index in [1.165, 1.54) is 0 Å². The van der Waals surface area contributed by atoms with Crippen LogP contribution in [0.3, 0.4) is 0 Å². The van der Waals surface area contributed by atoms with Crippen LogP contribution >= 0.6 is 0 Å². The van der Waals surface area contributed by atoms with Gasteiger partial charge in [0.05, 0.1) is 16.4 Å². The topological polar surface area (TPSA) is 44.4 Å². The second-order valence-corrected chi connectivity index (χ2v) is 10.5. The molecular formula is C36H19NO3. The van der Waals surface area contributed by atoms with Crippen molar-refractivity contribution in [2.24, 2.45) is 0 Å². The van der Waals surface area contributed by atoms with Gasteiger partial charge in [-0.3, -0.25) is 0 Å². The molecule has 4 nitrogen and oxygen atoms in total. The van der Waals surface area contributed by atoms with Gasteiger partial charge in [0, 0.05) is 43.4 Å². The van der Waals surface area contributed by atoms with E-state index >= 15 is 0 Å². The quantitative estimate of drug-likeness (QED) is 0.219. The van der Waals surface area contributed by atoms with Crippen molar-refractivity contribution in [2.75, 3.05) is 0 Å². The molecule has 0 aliphatic heterocycles. The van der Waals surface area contributed by atoms with Gasteiger partial charge in [0.25, 0.3) is 0 Å². The molecule has 0 saturated heterocycles. The van der Waals surface area contributed by atoms with Gasteiger partial charge in [-0.1, -0.05) is 72.8 Å². The van der Waals surface area contributed by atoms with E-state index in [1.807, 2.05) is 36.4 Å². The van der Waals surface area contributed by atoms with Crippen LogP contribution in [0.5, 0.6) is 0 Å². The smallest absolute Gasteiger partial charge is 0.163 e. The summed E-state index contributed by atoms with van der Waals surface area (Å²) in [6, 6.07) is 39.8. The molecule has 0 radical (unpaired) electrons. The number of hydrogen-bond acceptors (Lipinski definition) is 3. The predicted octanol–water partition coefficient (Wildman–Crippen LogP) is 10.5. The molecule has 0 atom stereocenters. The van der Waals surface area contributed by atoms with Gasteiger partial charge in [-0.25, -0.2) is 0 Å². The standard InChI is InChI=1S/C36H19NO3/c1-5-13-26-22(10-1)31-32-23-11-3-7-15-28(23)39-35(32)33-24-12-4-8-16-29(24)40-36(33)34(31)37(26)20-17-18-30-25(19-20)21-9-2-6-14-27(21)38-30/h1-19H. The molecule has 0 aliphatic rings. The lowest BCUT2D eigenvalue weighted by Crippen LogP contribution is -1.94. The molecule has 0 amide bonds. The molecule has 0 unspecified atom stereocenters. The van der Waals surface area contributed by atoms with Gasteiger partial charge in [0.15, 0.2) is 5.58 Å². The van der Waals surface area contributed by atoms with Gasteiger partial charge in [0.1, 0.15) is 27.9 Å². The molecule has 4 heterocycles. The SMILES string of the molecule is c1ccc2c(c1)oc1ccc(-n3c4ccccc4c4c5c6ccccc6oc5c5c6ccccc6oc5c43)cc12. The second kappa shape index (κ2) is 7.13. The molecule has 40 heavy (non-hydrogen) atoms. The fraction of sp³-hybridized carbons (Fsp3) is 0. The summed E-state index contributed by atoms with van der Waals surface area (Å²) >= 11 is 0. The Balaban J connectivity index is 1.50. The molecule has 0 fully saturated rings.